The molecule has 0 atom stereocenters. The number of amides is 2. The number of carbonyl (C=O) groups excluding carboxylic acids is 1. The highest BCUT2D eigenvalue weighted by Gasteiger charge is 2.09. The van der Waals surface area contributed by atoms with Crippen LogP contribution in [0.25, 0.3) is 10.9 Å². The van der Waals surface area contributed by atoms with Crippen molar-refractivity contribution in [1.82, 2.24) is 20.6 Å². The number of ether oxygens (including phenoxy) is 1. The number of hydrogen-bond acceptors (Lipinski definition) is 4. The topological polar surface area (TPSA) is 92.2 Å². The maximum Gasteiger partial charge on any atom is 0.314 e. The predicted octanol–water partition coefficient (Wildman–Crippen LogP) is 2.82. The Morgan fingerprint density at radius 2 is 2.30 bits per heavy atom. The van der Waals surface area contributed by atoms with Crippen molar-refractivity contribution < 1.29 is 13.9 Å². The van der Waals surface area contributed by atoms with Crippen LogP contribution in [-0.4, -0.2) is 23.0 Å². The Bertz CT molecular complexity index is 814. The lowest BCUT2D eigenvalue weighted by molar-refractivity contribution is 0.242. The van der Waals surface area contributed by atoms with Gasteiger partial charge in [-0.1, -0.05) is 11.6 Å². The van der Waals surface area contributed by atoms with Gasteiger partial charge in [-0.15, -0.1) is 0 Å². The maximum atomic E-state index is 11.2. The van der Waals surface area contributed by atoms with E-state index in [0.29, 0.717) is 23.0 Å². The minimum Gasteiger partial charge on any atom is -0.486 e. The molecule has 3 N–H and O–H groups in total. The number of fused-ring (bicyclic) bond motifs is 1. The number of aromatic amines is 1. The normalized spacial score (nSPS) is 10.7. The van der Waals surface area contributed by atoms with Crippen LogP contribution in [0, 0.1) is 0 Å². The third-order valence-corrected chi connectivity index (χ3v) is 3.55. The fourth-order valence-corrected chi connectivity index (χ4v) is 2.35. The zero-order valence-electron chi connectivity index (χ0n) is 12.4. The van der Waals surface area contributed by atoms with Gasteiger partial charge < -0.3 is 24.8 Å². The average molecular weight is 335 g/mol. The average Bonchev–Trinajstić information content (AvgIpc) is 3.19. The first-order chi connectivity index (χ1) is 11.2. The van der Waals surface area contributed by atoms with E-state index in [0.717, 1.165) is 16.6 Å². The minimum atomic E-state index is -0.238. The van der Waals surface area contributed by atoms with E-state index in [4.69, 9.17) is 20.8 Å². The van der Waals surface area contributed by atoms with Crippen LogP contribution in [0.3, 0.4) is 0 Å². The van der Waals surface area contributed by atoms with Crippen molar-refractivity contribution in [1.29, 1.82) is 0 Å². The highest BCUT2D eigenvalue weighted by Crippen LogP contribution is 2.31. The van der Waals surface area contributed by atoms with Crippen molar-refractivity contribution in [3.8, 4) is 5.75 Å². The van der Waals surface area contributed by atoms with Crippen molar-refractivity contribution in [2.24, 2.45) is 0 Å². The first-order valence-corrected chi connectivity index (χ1v) is 7.30. The fraction of sp³-hybridized carbons (Fsp3) is 0.200. The fourth-order valence-electron chi connectivity index (χ4n) is 2.12. The van der Waals surface area contributed by atoms with Crippen LogP contribution >= 0.6 is 11.6 Å². The highest BCUT2D eigenvalue weighted by molar-refractivity contribution is 6.32. The molecule has 1 aromatic carbocycles. The molecule has 0 unspecified atom stereocenters. The molecule has 0 radical (unpaired) electrons. The lowest BCUT2D eigenvalue weighted by Gasteiger charge is -2.06. The quantitative estimate of drug-likeness (QED) is 0.669. The van der Waals surface area contributed by atoms with Gasteiger partial charge >= 0.3 is 6.03 Å². The molecule has 8 heteroatoms. The first-order valence-electron chi connectivity index (χ1n) is 6.92. The molecule has 2 amide bonds. The summed E-state index contributed by atoms with van der Waals surface area (Å²) in [5, 5.41) is 6.66. The number of halogens is 1. The number of nitrogens with one attached hydrogen (secondary N) is 3. The number of H-pyrrole nitrogens is 1. The van der Waals surface area contributed by atoms with Gasteiger partial charge in [0.2, 0.25) is 0 Å². The smallest absolute Gasteiger partial charge is 0.314 e. The van der Waals surface area contributed by atoms with Gasteiger partial charge in [0, 0.05) is 29.7 Å². The summed E-state index contributed by atoms with van der Waals surface area (Å²) in [5.74, 6) is 0.551. The summed E-state index contributed by atoms with van der Waals surface area (Å²) >= 11 is 6.24. The number of benzene rings is 1. The Morgan fingerprint density at radius 3 is 3.04 bits per heavy atom. The molecular weight excluding hydrogens is 320 g/mol. The van der Waals surface area contributed by atoms with Gasteiger partial charge in [-0.05, 0) is 12.1 Å². The third-order valence-electron chi connectivity index (χ3n) is 3.25. The van der Waals surface area contributed by atoms with Crippen LogP contribution in [0.2, 0.25) is 5.02 Å². The van der Waals surface area contributed by atoms with Gasteiger partial charge in [0.05, 0.1) is 11.6 Å². The number of carbonyl (C=O) groups is 1. The molecule has 120 valence electrons. The Kier molecular flexibility index (Phi) is 4.38. The van der Waals surface area contributed by atoms with E-state index in [2.05, 4.69) is 20.6 Å². The number of oxazole rings is 1. The second-order valence-corrected chi connectivity index (χ2v) is 5.27. The van der Waals surface area contributed by atoms with E-state index in [1.54, 1.807) is 7.05 Å². The molecule has 0 aliphatic heterocycles. The lowest BCUT2D eigenvalue weighted by Crippen LogP contribution is -2.32. The van der Waals surface area contributed by atoms with Crippen LogP contribution in [0.5, 0.6) is 5.75 Å². The van der Waals surface area contributed by atoms with E-state index in [-0.39, 0.29) is 12.6 Å². The van der Waals surface area contributed by atoms with Crippen LogP contribution in [-0.2, 0) is 13.2 Å². The number of hydrogen-bond donors (Lipinski definition) is 3. The van der Waals surface area contributed by atoms with Gasteiger partial charge in [-0.2, -0.15) is 0 Å². The van der Waals surface area contributed by atoms with E-state index >= 15 is 0 Å². The predicted molar refractivity (Wildman–Crippen MR) is 85.4 cm³/mol. The molecule has 3 rings (SSSR count). The largest absolute Gasteiger partial charge is 0.486 e. The molecule has 0 aliphatic rings. The van der Waals surface area contributed by atoms with E-state index in [1.165, 1.54) is 12.7 Å². The molecule has 0 spiro atoms. The van der Waals surface area contributed by atoms with Crippen molar-refractivity contribution in [3.63, 3.8) is 0 Å². The van der Waals surface area contributed by atoms with Gasteiger partial charge in [0.15, 0.2) is 6.39 Å². The molecule has 0 aliphatic carbocycles. The van der Waals surface area contributed by atoms with Crippen molar-refractivity contribution in [3.05, 3.63) is 47.3 Å². The highest BCUT2D eigenvalue weighted by atomic mass is 35.5. The Labute approximate surface area is 137 Å². The lowest BCUT2D eigenvalue weighted by atomic mass is 10.2. The molecular formula is C15H15ClN4O3. The van der Waals surface area contributed by atoms with Crippen molar-refractivity contribution >= 4 is 28.5 Å². The third kappa shape index (κ3) is 3.57. The second-order valence-electron chi connectivity index (χ2n) is 4.87. The monoisotopic (exact) mass is 334 g/mol. The minimum absolute atomic E-state index is 0.238. The van der Waals surface area contributed by atoms with Crippen molar-refractivity contribution in [2.75, 3.05) is 7.05 Å². The summed E-state index contributed by atoms with van der Waals surface area (Å²) in [6.07, 6.45) is 2.86. The summed E-state index contributed by atoms with van der Waals surface area (Å²) in [4.78, 5) is 18.4. The second kappa shape index (κ2) is 6.62. The summed E-state index contributed by atoms with van der Waals surface area (Å²) in [6, 6.07) is 5.33. The molecule has 2 heterocycles. The molecule has 23 heavy (non-hydrogen) atoms. The van der Waals surface area contributed by atoms with E-state index in [9.17, 15) is 4.79 Å². The maximum absolute atomic E-state index is 11.2. The molecule has 0 saturated heterocycles. The summed E-state index contributed by atoms with van der Waals surface area (Å²) < 4.78 is 10.6. The SMILES string of the molecule is CNC(=O)NCc1cc2cc(Cl)c(OCc3cocn3)cc2[nH]1. The van der Waals surface area contributed by atoms with Crippen LogP contribution in [0.1, 0.15) is 11.4 Å². The molecule has 0 fully saturated rings. The number of nitrogens with zero attached hydrogens (tertiary/aromatic N) is 1. The Balaban J connectivity index is 1.75. The first kappa shape index (κ1) is 15.2. The van der Waals surface area contributed by atoms with Crippen LogP contribution in [0.4, 0.5) is 4.79 Å². The Morgan fingerprint density at radius 1 is 1.43 bits per heavy atom. The molecule has 7 nitrogen and oxygen atoms in total. The molecule has 0 saturated carbocycles. The zero-order chi connectivity index (χ0) is 16.2. The molecule has 3 aromatic rings. The van der Waals surface area contributed by atoms with Gasteiger partial charge in [-0.3, -0.25) is 0 Å². The van der Waals surface area contributed by atoms with E-state index in [1.807, 2.05) is 18.2 Å². The molecule has 2 aromatic heterocycles. The Hall–Kier alpha value is -2.67. The van der Waals surface area contributed by atoms with Crippen LogP contribution in [0.15, 0.2) is 35.3 Å². The number of aromatic nitrogens is 2. The standard InChI is InChI=1S/C15H15ClN4O3/c1-17-15(21)18-5-10-2-9-3-12(16)14(4-13(9)20-10)23-7-11-6-22-8-19-11/h2-4,6,8,20H,5,7H2,1H3,(H2,17,18,21). The van der Waals surface area contributed by atoms with E-state index < -0.39 is 0 Å². The summed E-state index contributed by atoms with van der Waals surface area (Å²) in [7, 11) is 1.57. The summed E-state index contributed by atoms with van der Waals surface area (Å²) in [6.45, 7) is 0.661. The number of urea groups is 1. The number of rotatable bonds is 5. The summed E-state index contributed by atoms with van der Waals surface area (Å²) in [5.41, 5.74) is 2.43. The van der Waals surface area contributed by atoms with Crippen molar-refractivity contribution in [2.45, 2.75) is 13.2 Å². The van der Waals surface area contributed by atoms with Gasteiger partial charge in [0.1, 0.15) is 24.3 Å². The van der Waals surface area contributed by atoms with Gasteiger partial charge in [-0.25, -0.2) is 9.78 Å². The van der Waals surface area contributed by atoms with Crippen LogP contribution < -0.4 is 15.4 Å². The zero-order valence-corrected chi connectivity index (χ0v) is 13.1. The molecule has 0 bridgehead atoms. The van der Waals surface area contributed by atoms with Gasteiger partial charge in [0.25, 0.3) is 0 Å².